The standard InChI is InChI=1S/C23H14BrI2NO3/c24-19-7-1-14(2-8-19)13-30-22-20(25)10-15(11-21(22)26)9-18(12-27)16-3-5-17(6-4-16)23(28)29/h1-11H,13H2,(H,28,29)/b18-9-. The second-order valence-electron chi connectivity index (χ2n) is 6.28. The van der Waals surface area contributed by atoms with Crippen LogP contribution in [-0.2, 0) is 6.61 Å². The van der Waals surface area contributed by atoms with E-state index in [9.17, 15) is 10.1 Å². The first-order valence-corrected chi connectivity index (χ1v) is 11.6. The third kappa shape index (κ3) is 5.83. The van der Waals surface area contributed by atoms with E-state index in [2.05, 4.69) is 67.2 Å². The number of carboxylic acid groups (broad SMARTS) is 1. The fourth-order valence-electron chi connectivity index (χ4n) is 2.68. The summed E-state index contributed by atoms with van der Waals surface area (Å²) in [5.74, 6) is -0.188. The Balaban J connectivity index is 1.83. The zero-order valence-electron chi connectivity index (χ0n) is 15.4. The van der Waals surface area contributed by atoms with Gasteiger partial charge in [0.2, 0.25) is 0 Å². The highest BCUT2D eigenvalue weighted by molar-refractivity contribution is 14.1. The maximum atomic E-state index is 11.0. The van der Waals surface area contributed by atoms with Crippen molar-refractivity contribution in [1.29, 1.82) is 5.26 Å². The van der Waals surface area contributed by atoms with E-state index in [1.165, 1.54) is 12.1 Å². The van der Waals surface area contributed by atoms with Crippen LogP contribution in [0.25, 0.3) is 11.6 Å². The molecule has 0 atom stereocenters. The van der Waals surface area contributed by atoms with E-state index >= 15 is 0 Å². The summed E-state index contributed by atoms with van der Waals surface area (Å²) in [6, 6.07) is 20.4. The van der Waals surface area contributed by atoms with Crippen LogP contribution in [-0.4, -0.2) is 11.1 Å². The zero-order valence-corrected chi connectivity index (χ0v) is 21.3. The van der Waals surface area contributed by atoms with E-state index in [-0.39, 0.29) is 5.56 Å². The highest BCUT2D eigenvalue weighted by Crippen LogP contribution is 2.31. The Morgan fingerprint density at radius 2 is 1.60 bits per heavy atom. The number of aromatic carboxylic acids is 1. The minimum Gasteiger partial charge on any atom is -0.487 e. The maximum absolute atomic E-state index is 11.0. The molecule has 0 heterocycles. The molecule has 0 aliphatic carbocycles. The summed E-state index contributed by atoms with van der Waals surface area (Å²) in [7, 11) is 0. The van der Waals surface area contributed by atoms with Crippen molar-refractivity contribution >= 4 is 78.7 Å². The normalized spacial score (nSPS) is 11.1. The number of ether oxygens (including phenoxy) is 1. The molecule has 4 nitrogen and oxygen atoms in total. The number of carboxylic acids is 1. The number of benzene rings is 3. The number of allylic oxidation sites excluding steroid dienone is 1. The van der Waals surface area contributed by atoms with Gasteiger partial charge in [-0.25, -0.2) is 4.79 Å². The topological polar surface area (TPSA) is 70.3 Å². The molecule has 0 saturated heterocycles. The number of carbonyl (C=O) groups is 1. The van der Waals surface area contributed by atoms with E-state index in [1.807, 2.05) is 36.4 Å². The highest BCUT2D eigenvalue weighted by Gasteiger charge is 2.11. The van der Waals surface area contributed by atoms with Crippen LogP contribution in [0.3, 0.4) is 0 Å². The Hall–Kier alpha value is -1.90. The fourth-order valence-corrected chi connectivity index (χ4v) is 5.07. The van der Waals surface area contributed by atoms with Crippen LogP contribution in [0.1, 0.15) is 27.0 Å². The Labute approximate surface area is 210 Å². The summed E-state index contributed by atoms with van der Waals surface area (Å²) < 4.78 is 8.95. The van der Waals surface area contributed by atoms with Gasteiger partial charge in [-0.1, -0.05) is 40.2 Å². The van der Waals surface area contributed by atoms with E-state index in [1.54, 1.807) is 18.2 Å². The van der Waals surface area contributed by atoms with Crippen molar-refractivity contribution in [3.05, 3.63) is 94.5 Å². The van der Waals surface area contributed by atoms with Gasteiger partial charge in [0.25, 0.3) is 0 Å². The number of halogens is 3. The van der Waals surface area contributed by atoms with Crippen molar-refractivity contribution in [3.8, 4) is 11.8 Å². The number of hydrogen-bond donors (Lipinski definition) is 1. The fraction of sp³-hybridized carbons (Fsp3) is 0.0435. The van der Waals surface area contributed by atoms with Crippen LogP contribution >= 0.6 is 61.1 Å². The molecule has 0 radical (unpaired) electrons. The molecule has 3 aromatic carbocycles. The van der Waals surface area contributed by atoms with E-state index in [4.69, 9.17) is 9.84 Å². The van der Waals surface area contributed by atoms with Gasteiger partial charge >= 0.3 is 5.97 Å². The second kappa shape index (κ2) is 10.4. The van der Waals surface area contributed by atoms with Crippen molar-refractivity contribution < 1.29 is 14.6 Å². The van der Waals surface area contributed by atoms with Gasteiger partial charge < -0.3 is 9.84 Å². The monoisotopic (exact) mass is 685 g/mol. The molecule has 1 N–H and O–H groups in total. The molecule has 0 fully saturated rings. The van der Waals surface area contributed by atoms with Crippen LogP contribution in [0.4, 0.5) is 0 Å². The van der Waals surface area contributed by atoms with Crippen molar-refractivity contribution in [2.24, 2.45) is 0 Å². The second-order valence-corrected chi connectivity index (χ2v) is 9.52. The van der Waals surface area contributed by atoms with E-state index in [0.29, 0.717) is 17.7 Å². The molecule has 0 amide bonds. The van der Waals surface area contributed by atoms with Gasteiger partial charge in [-0.3, -0.25) is 0 Å². The molecule has 30 heavy (non-hydrogen) atoms. The molecule has 0 aliphatic heterocycles. The minimum absolute atomic E-state index is 0.187. The molecule has 0 spiro atoms. The van der Waals surface area contributed by atoms with Crippen LogP contribution in [0.5, 0.6) is 5.75 Å². The Morgan fingerprint density at radius 3 is 2.13 bits per heavy atom. The third-order valence-electron chi connectivity index (χ3n) is 4.19. The summed E-state index contributed by atoms with van der Waals surface area (Å²) in [6.07, 6.45) is 1.79. The molecular weight excluding hydrogens is 672 g/mol. The summed E-state index contributed by atoms with van der Waals surface area (Å²) in [5, 5.41) is 18.6. The lowest BCUT2D eigenvalue weighted by Gasteiger charge is -2.12. The lowest BCUT2D eigenvalue weighted by Crippen LogP contribution is -1.99. The molecule has 150 valence electrons. The van der Waals surface area contributed by atoms with Gasteiger partial charge in [0, 0.05) is 4.47 Å². The van der Waals surface area contributed by atoms with Gasteiger partial charge in [-0.05, 0) is 104 Å². The van der Waals surface area contributed by atoms with Crippen LogP contribution in [0.2, 0.25) is 0 Å². The van der Waals surface area contributed by atoms with Crippen LogP contribution in [0.15, 0.2) is 65.1 Å². The first kappa shape index (κ1) is 22.8. The summed E-state index contributed by atoms with van der Waals surface area (Å²) >= 11 is 7.89. The highest BCUT2D eigenvalue weighted by atomic mass is 127. The molecule has 3 rings (SSSR count). The lowest BCUT2D eigenvalue weighted by molar-refractivity contribution is 0.0697. The van der Waals surface area contributed by atoms with Gasteiger partial charge in [-0.15, -0.1) is 0 Å². The Bertz CT molecular complexity index is 1130. The minimum atomic E-state index is -0.994. The first-order valence-electron chi connectivity index (χ1n) is 8.69. The number of hydrogen-bond acceptors (Lipinski definition) is 3. The van der Waals surface area contributed by atoms with Crippen molar-refractivity contribution in [2.75, 3.05) is 0 Å². The first-order chi connectivity index (χ1) is 14.4. The molecular formula is C23H14BrI2NO3. The Kier molecular flexibility index (Phi) is 7.91. The number of nitrogens with zero attached hydrogens (tertiary/aromatic N) is 1. The van der Waals surface area contributed by atoms with Crippen molar-refractivity contribution in [2.45, 2.75) is 6.61 Å². The van der Waals surface area contributed by atoms with Crippen molar-refractivity contribution in [3.63, 3.8) is 0 Å². The predicted octanol–water partition coefficient (Wildman–Crippen LogP) is 7.00. The van der Waals surface area contributed by atoms with Crippen LogP contribution < -0.4 is 4.74 Å². The average Bonchev–Trinajstić information content (AvgIpc) is 2.73. The van der Waals surface area contributed by atoms with E-state index < -0.39 is 5.97 Å². The molecule has 7 heteroatoms. The summed E-state index contributed by atoms with van der Waals surface area (Å²) in [4.78, 5) is 11.0. The molecule has 0 aromatic heterocycles. The molecule has 0 bridgehead atoms. The maximum Gasteiger partial charge on any atom is 0.335 e. The predicted molar refractivity (Wildman–Crippen MR) is 137 cm³/mol. The summed E-state index contributed by atoms with van der Waals surface area (Å²) in [5.41, 5.74) is 3.27. The molecule has 0 saturated carbocycles. The van der Waals surface area contributed by atoms with Crippen molar-refractivity contribution in [1.82, 2.24) is 0 Å². The largest absolute Gasteiger partial charge is 0.487 e. The lowest BCUT2D eigenvalue weighted by atomic mass is 10.0. The van der Waals surface area contributed by atoms with Crippen LogP contribution in [0, 0.1) is 18.5 Å². The SMILES string of the molecule is N#C/C(=C/c1cc(I)c(OCc2ccc(Br)cc2)c(I)c1)c1ccc(C(=O)O)cc1. The Morgan fingerprint density at radius 1 is 1.03 bits per heavy atom. The number of rotatable bonds is 6. The number of nitriles is 1. The van der Waals surface area contributed by atoms with E-state index in [0.717, 1.165) is 28.5 Å². The smallest absolute Gasteiger partial charge is 0.335 e. The summed E-state index contributed by atoms with van der Waals surface area (Å²) in [6.45, 7) is 0.466. The molecule has 0 unspecified atom stereocenters. The van der Waals surface area contributed by atoms with Gasteiger partial charge in [0.05, 0.1) is 24.3 Å². The third-order valence-corrected chi connectivity index (χ3v) is 6.32. The molecule has 3 aromatic rings. The average molecular weight is 686 g/mol. The van der Waals surface area contributed by atoms with Gasteiger partial charge in [-0.2, -0.15) is 5.26 Å². The quantitative estimate of drug-likeness (QED) is 0.172. The van der Waals surface area contributed by atoms with Gasteiger partial charge in [0.15, 0.2) is 0 Å². The molecule has 0 aliphatic rings. The van der Waals surface area contributed by atoms with Gasteiger partial charge in [0.1, 0.15) is 12.4 Å². The zero-order chi connectivity index (χ0) is 21.7.